The third-order valence-corrected chi connectivity index (χ3v) is 4.47. The Morgan fingerprint density at radius 3 is 1.76 bits per heavy atom. The van der Waals surface area contributed by atoms with Gasteiger partial charge in [0.05, 0.1) is 0 Å². The summed E-state index contributed by atoms with van der Waals surface area (Å²) in [5.74, 6) is -0.966. The number of rotatable bonds is 7. The van der Waals surface area contributed by atoms with Gasteiger partial charge in [0, 0.05) is 0 Å². The predicted octanol–water partition coefficient (Wildman–Crippen LogP) is 3.80. The summed E-state index contributed by atoms with van der Waals surface area (Å²) < 4.78 is 10.5. The molecule has 3 atom stereocenters. The number of ether oxygens (including phenoxy) is 2. The molecule has 0 aromatic heterocycles. The molecule has 0 aliphatic rings. The van der Waals surface area contributed by atoms with Gasteiger partial charge in [0.25, 0.3) is 0 Å². The summed E-state index contributed by atoms with van der Waals surface area (Å²) in [5.41, 5.74) is 1.50. The van der Waals surface area contributed by atoms with E-state index in [-0.39, 0.29) is 6.61 Å². The molecular formula is C19H20O4S2. The van der Waals surface area contributed by atoms with E-state index in [4.69, 9.17) is 9.47 Å². The molecule has 0 bridgehead atoms. The molecule has 0 aliphatic carbocycles. The molecule has 0 saturated carbocycles. The number of hydrogen-bond acceptors (Lipinski definition) is 6. The van der Waals surface area contributed by atoms with Crippen LogP contribution in [0.15, 0.2) is 60.7 Å². The highest BCUT2D eigenvalue weighted by atomic mass is 32.1. The standard InChI is InChI=1S/C19H20O4S2/c1-13(23-19(21)17(25)15-10-6-3-7-11-15)12-22-18(20)16(24)14-8-4-2-5-9-14/h2-11,13,16-17,24-25H,12H2,1H3. The number of benzene rings is 2. The zero-order valence-corrected chi connectivity index (χ0v) is 15.5. The molecule has 2 rings (SSSR count). The zero-order valence-electron chi connectivity index (χ0n) is 13.7. The molecule has 0 fully saturated rings. The molecule has 25 heavy (non-hydrogen) atoms. The third-order valence-electron chi connectivity index (χ3n) is 3.45. The van der Waals surface area contributed by atoms with E-state index in [1.54, 1.807) is 31.2 Å². The second-order valence-corrected chi connectivity index (χ2v) is 6.54. The van der Waals surface area contributed by atoms with Crippen LogP contribution in [0.2, 0.25) is 0 Å². The Bertz CT molecular complexity index is 691. The van der Waals surface area contributed by atoms with Gasteiger partial charge in [0.2, 0.25) is 0 Å². The zero-order chi connectivity index (χ0) is 18.2. The van der Waals surface area contributed by atoms with Gasteiger partial charge in [-0.05, 0) is 18.1 Å². The van der Waals surface area contributed by atoms with Crippen LogP contribution >= 0.6 is 25.3 Å². The largest absolute Gasteiger partial charge is 0.461 e. The summed E-state index contributed by atoms with van der Waals surface area (Å²) in [6.07, 6.45) is -0.578. The van der Waals surface area contributed by atoms with Gasteiger partial charge in [0.1, 0.15) is 23.2 Å². The monoisotopic (exact) mass is 376 g/mol. The molecule has 4 nitrogen and oxygen atoms in total. The van der Waals surface area contributed by atoms with Gasteiger partial charge < -0.3 is 9.47 Å². The SMILES string of the molecule is CC(COC(=O)C(S)c1ccccc1)OC(=O)C(S)c1ccccc1. The van der Waals surface area contributed by atoms with Crippen LogP contribution in [-0.2, 0) is 19.1 Å². The molecule has 0 amide bonds. The summed E-state index contributed by atoms with van der Waals surface area (Å²) in [6, 6.07) is 18.2. The number of carbonyl (C=O) groups excluding carboxylic acids is 2. The third kappa shape index (κ3) is 5.83. The second-order valence-electron chi connectivity index (χ2n) is 5.50. The Balaban J connectivity index is 1.81. The van der Waals surface area contributed by atoms with Gasteiger partial charge in [-0.1, -0.05) is 60.7 Å². The Morgan fingerprint density at radius 1 is 0.840 bits per heavy atom. The first-order chi connectivity index (χ1) is 12.0. The van der Waals surface area contributed by atoms with Crippen LogP contribution in [0.1, 0.15) is 28.6 Å². The highest BCUT2D eigenvalue weighted by molar-refractivity contribution is 7.81. The lowest BCUT2D eigenvalue weighted by atomic mass is 10.1. The first-order valence-corrected chi connectivity index (χ1v) is 8.85. The maximum atomic E-state index is 12.1. The van der Waals surface area contributed by atoms with Crippen LogP contribution in [0.25, 0.3) is 0 Å². The van der Waals surface area contributed by atoms with E-state index in [2.05, 4.69) is 25.3 Å². The average Bonchev–Trinajstić information content (AvgIpc) is 2.66. The van der Waals surface area contributed by atoms with Crippen molar-refractivity contribution in [2.75, 3.05) is 6.61 Å². The smallest absolute Gasteiger partial charge is 0.323 e. The Morgan fingerprint density at radius 2 is 1.28 bits per heavy atom. The molecule has 0 N–H and O–H groups in total. The molecule has 0 heterocycles. The minimum atomic E-state index is -0.679. The van der Waals surface area contributed by atoms with Crippen LogP contribution in [0, 0.1) is 0 Å². The maximum absolute atomic E-state index is 12.1. The van der Waals surface area contributed by atoms with E-state index in [0.29, 0.717) is 0 Å². The number of esters is 2. The molecule has 0 spiro atoms. The average molecular weight is 376 g/mol. The fraction of sp³-hybridized carbons (Fsp3) is 0.263. The van der Waals surface area contributed by atoms with Crippen molar-refractivity contribution in [1.82, 2.24) is 0 Å². The van der Waals surface area contributed by atoms with Crippen LogP contribution in [0.5, 0.6) is 0 Å². The summed E-state index contributed by atoms with van der Waals surface area (Å²) in [5, 5.41) is -1.35. The molecule has 0 saturated heterocycles. The second kappa shape index (κ2) is 9.53. The highest BCUT2D eigenvalue weighted by Crippen LogP contribution is 2.23. The van der Waals surface area contributed by atoms with Gasteiger partial charge in [0.15, 0.2) is 0 Å². The minimum Gasteiger partial charge on any atom is -0.461 e. The lowest BCUT2D eigenvalue weighted by Gasteiger charge is -2.18. The topological polar surface area (TPSA) is 52.6 Å². The molecule has 0 radical (unpaired) electrons. The molecule has 132 valence electrons. The Kier molecular flexibility index (Phi) is 7.40. The predicted molar refractivity (Wildman–Crippen MR) is 103 cm³/mol. The van der Waals surface area contributed by atoms with Crippen molar-refractivity contribution in [2.24, 2.45) is 0 Å². The number of carbonyl (C=O) groups is 2. The lowest BCUT2D eigenvalue weighted by molar-refractivity contribution is -0.157. The van der Waals surface area contributed by atoms with Crippen LogP contribution in [0.3, 0.4) is 0 Å². The Labute approximate surface area is 158 Å². The Hall–Kier alpha value is -1.92. The van der Waals surface area contributed by atoms with Crippen molar-refractivity contribution in [3.05, 3.63) is 71.8 Å². The number of hydrogen-bond donors (Lipinski definition) is 2. The molecule has 3 unspecified atom stereocenters. The van der Waals surface area contributed by atoms with Crippen molar-refractivity contribution in [1.29, 1.82) is 0 Å². The fourth-order valence-corrected chi connectivity index (χ4v) is 2.60. The quantitative estimate of drug-likeness (QED) is 0.570. The first-order valence-electron chi connectivity index (χ1n) is 7.82. The van der Waals surface area contributed by atoms with Crippen molar-refractivity contribution in [3.63, 3.8) is 0 Å². The fourth-order valence-electron chi connectivity index (χ4n) is 2.12. The van der Waals surface area contributed by atoms with Crippen LogP contribution < -0.4 is 0 Å². The maximum Gasteiger partial charge on any atom is 0.323 e. The van der Waals surface area contributed by atoms with E-state index >= 15 is 0 Å². The minimum absolute atomic E-state index is 0.0379. The van der Waals surface area contributed by atoms with E-state index in [1.807, 2.05) is 36.4 Å². The van der Waals surface area contributed by atoms with Gasteiger partial charge in [-0.3, -0.25) is 9.59 Å². The van der Waals surface area contributed by atoms with Crippen LogP contribution in [0.4, 0.5) is 0 Å². The van der Waals surface area contributed by atoms with Crippen molar-refractivity contribution < 1.29 is 19.1 Å². The molecular weight excluding hydrogens is 356 g/mol. The normalized spacial score (nSPS) is 14.2. The molecule has 2 aromatic rings. The summed E-state index contributed by atoms with van der Waals surface area (Å²) in [7, 11) is 0. The van der Waals surface area contributed by atoms with Gasteiger partial charge in [-0.15, -0.1) is 0 Å². The van der Waals surface area contributed by atoms with Gasteiger partial charge >= 0.3 is 11.9 Å². The lowest BCUT2D eigenvalue weighted by Crippen LogP contribution is -2.25. The van der Waals surface area contributed by atoms with Gasteiger partial charge in [-0.25, -0.2) is 0 Å². The van der Waals surface area contributed by atoms with Crippen molar-refractivity contribution in [2.45, 2.75) is 23.5 Å². The number of thiol groups is 2. The van der Waals surface area contributed by atoms with E-state index in [1.165, 1.54) is 0 Å². The first kappa shape index (κ1) is 19.4. The highest BCUT2D eigenvalue weighted by Gasteiger charge is 2.22. The van der Waals surface area contributed by atoms with Crippen LogP contribution in [-0.4, -0.2) is 24.6 Å². The van der Waals surface area contributed by atoms with Crippen molar-refractivity contribution in [3.8, 4) is 0 Å². The van der Waals surface area contributed by atoms with E-state index in [0.717, 1.165) is 11.1 Å². The van der Waals surface area contributed by atoms with E-state index < -0.39 is 28.5 Å². The summed E-state index contributed by atoms with van der Waals surface area (Å²) >= 11 is 8.56. The molecule has 6 heteroatoms. The van der Waals surface area contributed by atoms with E-state index in [9.17, 15) is 9.59 Å². The molecule has 0 aliphatic heterocycles. The van der Waals surface area contributed by atoms with Crippen molar-refractivity contribution >= 4 is 37.2 Å². The molecule has 2 aromatic carbocycles. The van der Waals surface area contributed by atoms with Gasteiger partial charge in [-0.2, -0.15) is 25.3 Å². The summed E-state index contributed by atoms with van der Waals surface area (Å²) in [6.45, 7) is 1.62. The summed E-state index contributed by atoms with van der Waals surface area (Å²) in [4.78, 5) is 24.1.